The van der Waals surface area contributed by atoms with Crippen molar-refractivity contribution in [2.24, 2.45) is 0 Å². The summed E-state index contributed by atoms with van der Waals surface area (Å²) in [5, 5.41) is 5.60. The summed E-state index contributed by atoms with van der Waals surface area (Å²) in [5.41, 5.74) is 0.731. The van der Waals surface area contributed by atoms with E-state index in [9.17, 15) is 4.79 Å². The van der Waals surface area contributed by atoms with Gasteiger partial charge < -0.3 is 15.4 Å². The summed E-state index contributed by atoms with van der Waals surface area (Å²) < 4.78 is 7.20. The summed E-state index contributed by atoms with van der Waals surface area (Å²) in [4.78, 5) is 11.7. The summed E-state index contributed by atoms with van der Waals surface area (Å²) >= 11 is 6.75. The van der Waals surface area contributed by atoms with Crippen LogP contribution in [0.2, 0.25) is 0 Å². The molecule has 4 nitrogen and oxygen atoms in total. The predicted octanol–water partition coefficient (Wildman–Crippen LogP) is 3.51. The number of halogens is 2. The average molecular weight is 378 g/mol. The first-order valence-corrected chi connectivity index (χ1v) is 7.35. The third-order valence-corrected chi connectivity index (χ3v) is 3.88. The van der Waals surface area contributed by atoms with Crippen molar-refractivity contribution < 1.29 is 9.53 Å². The molecule has 2 N–H and O–H groups in total. The Morgan fingerprint density at radius 3 is 3.00 bits per heavy atom. The Hall–Kier alpha value is -0.590. The van der Waals surface area contributed by atoms with E-state index < -0.39 is 0 Å². The van der Waals surface area contributed by atoms with Crippen molar-refractivity contribution in [3.8, 4) is 0 Å². The Morgan fingerprint density at radius 2 is 2.28 bits per heavy atom. The van der Waals surface area contributed by atoms with Crippen LogP contribution < -0.4 is 10.6 Å². The molecule has 1 aliphatic rings. The van der Waals surface area contributed by atoms with Gasteiger partial charge in [-0.05, 0) is 47.0 Å². The molecule has 2 amide bonds. The molecule has 98 valence electrons. The lowest BCUT2D eigenvalue weighted by Gasteiger charge is -2.12. The number of anilines is 1. The van der Waals surface area contributed by atoms with Crippen molar-refractivity contribution >= 4 is 43.6 Å². The maximum Gasteiger partial charge on any atom is 0.319 e. The summed E-state index contributed by atoms with van der Waals surface area (Å²) in [6.07, 6.45) is 2.24. The molecular weight excluding hydrogens is 364 g/mol. The fourth-order valence-corrected chi connectivity index (χ4v) is 2.48. The summed E-state index contributed by atoms with van der Waals surface area (Å²) in [6.45, 7) is 1.35. The van der Waals surface area contributed by atoms with Gasteiger partial charge in [0.25, 0.3) is 0 Å². The molecular formula is C12H14Br2N2O2. The van der Waals surface area contributed by atoms with E-state index >= 15 is 0 Å². The van der Waals surface area contributed by atoms with Crippen molar-refractivity contribution in [3.63, 3.8) is 0 Å². The minimum Gasteiger partial charge on any atom is -0.376 e. The molecule has 0 bridgehead atoms. The maximum atomic E-state index is 11.7. The molecule has 1 aliphatic heterocycles. The zero-order chi connectivity index (χ0) is 13.0. The highest BCUT2D eigenvalue weighted by molar-refractivity contribution is 9.11. The van der Waals surface area contributed by atoms with Crippen molar-refractivity contribution in [3.05, 3.63) is 27.1 Å². The number of urea groups is 1. The number of benzene rings is 1. The van der Waals surface area contributed by atoms with E-state index in [2.05, 4.69) is 42.5 Å². The van der Waals surface area contributed by atoms with Crippen LogP contribution in [0, 0.1) is 0 Å². The standard InChI is InChI=1S/C12H14Br2N2O2/c13-8-3-4-10(14)11(6-8)16-12(17)15-7-9-2-1-5-18-9/h3-4,6,9H,1-2,5,7H2,(H2,15,16,17). The Labute approximate surface area is 123 Å². The summed E-state index contributed by atoms with van der Waals surface area (Å²) in [7, 11) is 0. The fraction of sp³-hybridized carbons (Fsp3) is 0.417. The molecule has 6 heteroatoms. The maximum absolute atomic E-state index is 11.7. The van der Waals surface area contributed by atoms with E-state index in [0.717, 1.165) is 34.1 Å². The average Bonchev–Trinajstić information content (AvgIpc) is 2.84. The van der Waals surface area contributed by atoms with Crippen molar-refractivity contribution in [2.75, 3.05) is 18.5 Å². The van der Waals surface area contributed by atoms with Gasteiger partial charge in [0.15, 0.2) is 0 Å². The molecule has 1 heterocycles. The normalized spacial score (nSPS) is 18.7. The van der Waals surface area contributed by atoms with E-state index in [0.29, 0.717) is 6.54 Å². The number of hydrogen-bond acceptors (Lipinski definition) is 2. The van der Waals surface area contributed by atoms with Crippen molar-refractivity contribution in [2.45, 2.75) is 18.9 Å². The van der Waals surface area contributed by atoms with Crippen LogP contribution in [0.1, 0.15) is 12.8 Å². The van der Waals surface area contributed by atoms with E-state index in [4.69, 9.17) is 4.74 Å². The largest absolute Gasteiger partial charge is 0.376 e. The third-order valence-electron chi connectivity index (χ3n) is 2.69. The lowest BCUT2D eigenvalue weighted by molar-refractivity contribution is 0.112. The smallest absolute Gasteiger partial charge is 0.319 e. The first-order chi connectivity index (χ1) is 8.65. The molecule has 2 rings (SSSR count). The highest BCUT2D eigenvalue weighted by Crippen LogP contribution is 2.26. The monoisotopic (exact) mass is 376 g/mol. The molecule has 1 atom stereocenters. The van der Waals surface area contributed by atoms with Crippen molar-refractivity contribution in [1.29, 1.82) is 0 Å². The van der Waals surface area contributed by atoms with E-state index in [1.807, 2.05) is 18.2 Å². The van der Waals surface area contributed by atoms with Gasteiger partial charge in [-0.2, -0.15) is 0 Å². The zero-order valence-electron chi connectivity index (χ0n) is 9.71. The predicted molar refractivity (Wildman–Crippen MR) is 77.8 cm³/mol. The molecule has 1 saturated heterocycles. The summed E-state index contributed by atoms with van der Waals surface area (Å²) in [5.74, 6) is 0. The first kappa shape index (κ1) is 13.8. The number of rotatable bonds is 3. The van der Waals surface area contributed by atoms with Crippen molar-refractivity contribution in [1.82, 2.24) is 5.32 Å². The Morgan fingerprint density at radius 1 is 1.44 bits per heavy atom. The lowest BCUT2D eigenvalue weighted by Crippen LogP contribution is -2.35. The molecule has 0 aromatic heterocycles. The van der Waals surface area contributed by atoms with Gasteiger partial charge in [0, 0.05) is 22.1 Å². The van der Waals surface area contributed by atoms with Gasteiger partial charge in [-0.25, -0.2) is 4.79 Å². The SMILES string of the molecule is O=C(NCC1CCCO1)Nc1cc(Br)ccc1Br. The second kappa shape index (κ2) is 6.54. The van der Waals surface area contributed by atoms with Gasteiger partial charge in [0.2, 0.25) is 0 Å². The zero-order valence-corrected chi connectivity index (χ0v) is 12.9. The number of hydrogen-bond donors (Lipinski definition) is 2. The van der Waals surface area contributed by atoms with Crippen LogP contribution >= 0.6 is 31.9 Å². The highest BCUT2D eigenvalue weighted by Gasteiger charge is 2.16. The Bertz CT molecular complexity index is 434. The number of amides is 2. The Kier molecular flexibility index (Phi) is 5.03. The second-order valence-corrected chi connectivity index (χ2v) is 5.86. The van der Waals surface area contributed by atoms with Crippen LogP contribution in [0.25, 0.3) is 0 Å². The molecule has 1 unspecified atom stereocenters. The van der Waals surface area contributed by atoms with Crippen LogP contribution in [0.3, 0.4) is 0 Å². The van der Waals surface area contributed by atoms with E-state index in [1.54, 1.807) is 0 Å². The molecule has 0 radical (unpaired) electrons. The van der Waals surface area contributed by atoms with E-state index in [-0.39, 0.29) is 12.1 Å². The van der Waals surface area contributed by atoms with Crippen LogP contribution in [-0.2, 0) is 4.74 Å². The molecule has 1 aromatic rings. The fourth-order valence-electron chi connectivity index (χ4n) is 1.77. The number of carbonyl (C=O) groups excluding carboxylic acids is 1. The quantitative estimate of drug-likeness (QED) is 0.846. The highest BCUT2D eigenvalue weighted by atomic mass is 79.9. The molecule has 0 spiro atoms. The molecule has 0 aliphatic carbocycles. The molecule has 0 saturated carbocycles. The van der Waals surface area contributed by atoms with Gasteiger partial charge >= 0.3 is 6.03 Å². The number of carbonyl (C=O) groups is 1. The molecule has 18 heavy (non-hydrogen) atoms. The van der Waals surface area contributed by atoms with Crippen LogP contribution in [0.4, 0.5) is 10.5 Å². The number of nitrogens with one attached hydrogen (secondary N) is 2. The van der Waals surface area contributed by atoms with Gasteiger partial charge in [0.1, 0.15) is 0 Å². The third kappa shape index (κ3) is 3.96. The van der Waals surface area contributed by atoms with Gasteiger partial charge in [-0.1, -0.05) is 15.9 Å². The van der Waals surface area contributed by atoms with Crippen LogP contribution in [-0.4, -0.2) is 25.3 Å². The summed E-state index contributed by atoms with van der Waals surface area (Å²) in [6, 6.07) is 5.40. The van der Waals surface area contributed by atoms with Crippen LogP contribution in [0.5, 0.6) is 0 Å². The van der Waals surface area contributed by atoms with Crippen LogP contribution in [0.15, 0.2) is 27.1 Å². The Balaban J connectivity index is 1.84. The first-order valence-electron chi connectivity index (χ1n) is 5.76. The van der Waals surface area contributed by atoms with E-state index in [1.165, 1.54) is 0 Å². The number of ether oxygens (including phenoxy) is 1. The molecule has 1 aromatic carbocycles. The minimum absolute atomic E-state index is 0.154. The van der Waals surface area contributed by atoms with Gasteiger partial charge in [-0.15, -0.1) is 0 Å². The topological polar surface area (TPSA) is 50.4 Å². The minimum atomic E-state index is -0.218. The second-order valence-electron chi connectivity index (χ2n) is 4.09. The van der Waals surface area contributed by atoms with Gasteiger partial charge in [-0.3, -0.25) is 0 Å². The van der Waals surface area contributed by atoms with Gasteiger partial charge in [0.05, 0.1) is 11.8 Å². The lowest BCUT2D eigenvalue weighted by atomic mass is 10.2. The molecule has 1 fully saturated rings.